The molecule has 0 radical (unpaired) electrons. The first-order chi connectivity index (χ1) is 22.6. The van der Waals surface area contributed by atoms with Gasteiger partial charge in [-0.25, -0.2) is 0 Å². The van der Waals surface area contributed by atoms with Gasteiger partial charge in [0, 0.05) is 17.3 Å². The zero-order chi connectivity index (χ0) is 36.3. The summed E-state index contributed by atoms with van der Waals surface area (Å²) in [6, 6.07) is 0. The van der Waals surface area contributed by atoms with Crippen molar-refractivity contribution in [2.75, 3.05) is 0 Å². The fourth-order valence-corrected chi connectivity index (χ4v) is 14.3. The normalized spacial score (nSPS) is 46.8. The molecule has 0 spiro atoms. The fourth-order valence-electron chi connectivity index (χ4n) is 14.3. The van der Waals surface area contributed by atoms with Gasteiger partial charge in [-0.3, -0.25) is 19.2 Å². The molecule has 4 unspecified atom stereocenters. The van der Waals surface area contributed by atoms with Crippen LogP contribution >= 0.6 is 0 Å². The van der Waals surface area contributed by atoms with Crippen molar-refractivity contribution in [3.05, 3.63) is 12.2 Å². The standard InChI is InChI=1S/C42H64O7/c1-23(2)25-13-18-42(31(43)21-24(3)34(44)45)20-19-40(9)26(33(25)42)11-12-30-39(8)16-15-32(38(6,7)29(39)14-17-41(30,40)10)49-36(48)28-22-27(35(46)47)37(28,4)5/h24-30,32-33H,1,11-22H2,2-10H3,(H,44,45)(H,46,47)/t24?,25-,26?,27-,28?,29-,30+,32-,33?,39-,40+,41+,42+/m0/s1. The second-order valence-electron chi connectivity index (χ2n) is 20.0. The Kier molecular flexibility index (Phi) is 8.72. The molecule has 6 saturated carbocycles. The highest BCUT2D eigenvalue weighted by molar-refractivity contribution is 5.89. The molecule has 274 valence electrons. The van der Waals surface area contributed by atoms with Gasteiger partial charge in [0.05, 0.1) is 17.8 Å². The van der Waals surface area contributed by atoms with E-state index < -0.39 is 34.6 Å². The van der Waals surface area contributed by atoms with Crippen molar-refractivity contribution in [1.29, 1.82) is 0 Å². The molecule has 0 bridgehead atoms. The fraction of sp³-hybridized carbons (Fsp3) is 0.857. The van der Waals surface area contributed by atoms with Crippen molar-refractivity contribution in [3.8, 4) is 0 Å². The van der Waals surface area contributed by atoms with Gasteiger partial charge >= 0.3 is 17.9 Å². The van der Waals surface area contributed by atoms with E-state index >= 15 is 0 Å². The lowest BCUT2D eigenvalue weighted by Crippen LogP contribution is -2.67. The Balaban J connectivity index is 1.25. The first kappa shape index (κ1) is 36.6. The van der Waals surface area contributed by atoms with E-state index in [1.807, 2.05) is 13.8 Å². The van der Waals surface area contributed by atoms with E-state index in [1.165, 1.54) is 5.57 Å². The van der Waals surface area contributed by atoms with E-state index in [9.17, 15) is 29.4 Å². The minimum absolute atomic E-state index is 0.0682. The van der Waals surface area contributed by atoms with Crippen molar-refractivity contribution in [2.24, 2.45) is 79.8 Å². The van der Waals surface area contributed by atoms with Gasteiger partial charge in [-0.15, -0.1) is 0 Å². The number of fused-ring (bicyclic) bond motifs is 7. The Morgan fingerprint density at radius 3 is 2.04 bits per heavy atom. The number of carbonyl (C=O) groups is 4. The highest BCUT2D eigenvalue weighted by atomic mass is 16.5. The van der Waals surface area contributed by atoms with Crippen molar-refractivity contribution in [1.82, 2.24) is 0 Å². The highest BCUT2D eigenvalue weighted by Gasteiger charge is 2.72. The number of rotatable bonds is 8. The van der Waals surface area contributed by atoms with Gasteiger partial charge in [0.25, 0.3) is 0 Å². The minimum atomic E-state index is -0.888. The summed E-state index contributed by atoms with van der Waals surface area (Å²) >= 11 is 0. The third-order valence-corrected chi connectivity index (χ3v) is 17.6. The first-order valence-corrected chi connectivity index (χ1v) is 19.4. The van der Waals surface area contributed by atoms with Crippen LogP contribution in [0.2, 0.25) is 0 Å². The third kappa shape index (κ3) is 4.99. The molecule has 6 aliphatic carbocycles. The number of carbonyl (C=O) groups excluding carboxylic acids is 2. The molecule has 2 N–H and O–H groups in total. The van der Waals surface area contributed by atoms with Crippen LogP contribution in [0, 0.1) is 79.8 Å². The Bertz CT molecular complexity index is 1430. The quantitative estimate of drug-likeness (QED) is 0.194. The molecule has 6 rings (SSSR count). The summed E-state index contributed by atoms with van der Waals surface area (Å²) in [4.78, 5) is 51.3. The van der Waals surface area contributed by atoms with Crippen LogP contribution < -0.4 is 0 Å². The predicted octanol–water partition coefficient (Wildman–Crippen LogP) is 8.98. The van der Waals surface area contributed by atoms with E-state index in [4.69, 9.17) is 4.74 Å². The second-order valence-corrected chi connectivity index (χ2v) is 20.0. The van der Waals surface area contributed by atoms with Crippen molar-refractivity contribution < 1.29 is 34.1 Å². The van der Waals surface area contributed by atoms with Gasteiger partial charge in [0.1, 0.15) is 11.9 Å². The smallest absolute Gasteiger partial charge is 0.309 e. The van der Waals surface area contributed by atoms with Gasteiger partial charge in [-0.1, -0.05) is 67.5 Å². The van der Waals surface area contributed by atoms with E-state index in [0.717, 1.165) is 64.2 Å². The maximum atomic E-state index is 14.2. The number of ketones is 1. The minimum Gasteiger partial charge on any atom is -0.481 e. The van der Waals surface area contributed by atoms with Crippen LogP contribution in [-0.2, 0) is 23.9 Å². The van der Waals surface area contributed by atoms with Crippen molar-refractivity contribution in [2.45, 2.75) is 145 Å². The molecule has 7 heteroatoms. The molecule has 0 heterocycles. The summed E-state index contributed by atoms with van der Waals surface area (Å²) in [5.74, 6) is -1.45. The summed E-state index contributed by atoms with van der Waals surface area (Å²) < 4.78 is 6.38. The summed E-state index contributed by atoms with van der Waals surface area (Å²) in [7, 11) is 0. The average Bonchev–Trinajstić information content (AvgIpc) is 3.39. The maximum absolute atomic E-state index is 14.2. The third-order valence-electron chi connectivity index (χ3n) is 17.6. The van der Waals surface area contributed by atoms with Crippen molar-refractivity contribution in [3.63, 3.8) is 0 Å². The lowest BCUT2D eigenvalue weighted by molar-refractivity contribution is -0.250. The molecule has 6 aliphatic rings. The zero-order valence-electron chi connectivity index (χ0n) is 31.8. The second kappa shape index (κ2) is 11.7. The van der Waals surface area contributed by atoms with Gasteiger partial charge in [0.2, 0.25) is 0 Å². The molecule has 0 aliphatic heterocycles. The Morgan fingerprint density at radius 2 is 1.45 bits per heavy atom. The molecule has 13 atom stereocenters. The maximum Gasteiger partial charge on any atom is 0.309 e. The number of Topliss-reactive ketones (excluding diaryl/α,β-unsaturated/α-hetero) is 1. The SMILES string of the molecule is C=C(C)[C@@H]1CC[C@]2(C(=O)CC(C)C(=O)O)CC[C@]3(C)C(CC[C@@H]4[C@@]5(C)CC[C@H](OC(=O)C6C[C@@H](C(=O)O)C6(C)C)C(C)(C)[C@@H]5CC[C@]43C)C12. The largest absolute Gasteiger partial charge is 0.481 e. The predicted molar refractivity (Wildman–Crippen MR) is 188 cm³/mol. The van der Waals surface area contributed by atoms with Crippen LogP contribution in [0.25, 0.3) is 0 Å². The van der Waals surface area contributed by atoms with Gasteiger partial charge < -0.3 is 14.9 Å². The van der Waals surface area contributed by atoms with Crippen LogP contribution in [0.4, 0.5) is 0 Å². The molecule has 6 fully saturated rings. The van der Waals surface area contributed by atoms with Crippen LogP contribution in [0.15, 0.2) is 12.2 Å². The van der Waals surface area contributed by atoms with Crippen LogP contribution in [0.3, 0.4) is 0 Å². The van der Waals surface area contributed by atoms with Crippen LogP contribution in [-0.4, -0.2) is 40.0 Å². The summed E-state index contributed by atoms with van der Waals surface area (Å²) in [6.45, 7) is 24.3. The Labute approximate surface area is 294 Å². The van der Waals surface area contributed by atoms with E-state index in [1.54, 1.807) is 6.92 Å². The molecule has 0 aromatic carbocycles. The zero-order valence-corrected chi connectivity index (χ0v) is 31.8. The molecule has 0 aromatic heterocycles. The lowest BCUT2D eigenvalue weighted by Gasteiger charge is -2.73. The number of carboxylic acids is 2. The number of carboxylic acid groups (broad SMARTS) is 2. The monoisotopic (exact) mass is 680 g/mol. The Morgan fingerprint density at radius 1 is 0.776 bits per heavy atom. The molecule has 49 heavy (non-hydrogen) atoms. The Hall–Kier alpha value is -2.18. The molecular formula is C42H64O7. The average molecular weight is 681 g/mol. The molecule has 0 saturated heterocycles. The number of ether oxygens (including phenoxy) is 1. The van der Waals surface area contributed by atoms with E-state index in [0.29, 0.717) is 30.1 Å². The van der Waals surface area contributed by atoms with Crippen molar-refractivity contribution >= 4 is 23.7 Å². The van der Waals surface area contributed by atoms with Gasteiger partial charge in [0.15, 0.2) is 0 Å². The summed E-state index contributed by atoms with van der Waals surface area (Å²) in [5.41, 5.74) is 0.209. The number of esters is 1. The molecular weight excluding hydrogens is 616 g/mol. The summed E-state index contributed by atoms with van der Waals surface area (Å²) in [6.07, 6.45) is 10.3. The van der Waals surface area contributed by atoms with Crippen LogP contribution in [0.5, 0.6) is 0 Å². The molecule has 0 amide bonds. The van der Waals surface area contributed by atoms with E-state index in [2.05, 4.69) is 48.1 Å². The molecule has 0 aromatic rings. The first-order valence-electron chi connectivity index (χ1n) is 19.4. The van der Waals surface area contributed by atoms with Gasteiger partial charge in [-0.2, -0.15) is 0 Å². The topological polar surface area (TPSA) is 118 Å². The number of aliphatic carboxylic acids is 2. The number of allylic oxidation sites excluding steroid dienone is 1. The van der Waals surface area contributed by atoms with E-state index in [-0.39, 0.29) is 57.8 Å². The molecule has 7 nitrogen and oxygen atoms in total. The summed E-state index contributed by atoms with van der Waals surface area (Å²) in [5, 5.41) is 19.3. The van der Waals surface area contributed by atoms with Gasteiger partial charge in [-0.05, 0) is 129 Å². The highest BCUT2D eigenvalue weighted by Crippen LogP contribution is 2.78. The number of hydrogen-bond donors (Lipinski definition) is 2. The lowest BCUT2D eigenvalue weighted by atomic mass is 9.32. The number of hydrogen-bond acceptors (Lipinski definition) is 5. The van der Waals surface area contributed by atoms with Crippen LogP contribution in [0.1, 0.15) is 139 Å².